The van der Waals surface area contributed by atoms with Crippen LogP contribution in [0.1, 0.15) is 13.8 Å². The van der Waals surface area contributed by atoms with E-state index in [9.17, 15) is 0 Å². The molecular weight excluding hydrogens is 186 g/mol. The summed E-state index contributed by atoms with van der Waals surface area (Å²) in [6, 6.07) is 0. The topological polar surface area (TPSA) is 0 Å². The summed E-state index contributed by atoms with van der Waals surface area (Å²) in [5.41, 5.74) is 0. The van der Waals surface area contributed by atoms with E-state index in [1.807, 2.05) is 0 Å². The molecule has 0 atom stereocenters. The molecule has 0 aliphatic heterocycles. The Labute approximate surface area is 58.0 Å². The molecule has 0 bridgehead atoms. The predicted octanol–water partition coefficient (Wildman–Crippen LogP) is -1.43. The quantitative estimate of drug-likeness (QED) is 0.375. The molecule has 0 saturated carbocycles. The second-order valence-electron chi connectivity index (χ2n) is 1.11. The van der Waals surface area contributed by atoms with Gasteiger partial charge in [0.05, 0.1) is 0 Å². The van der Waals surface area contributed by atoms with Gasteiger partial charge in [-0.1, -0.05) is 0 Å². The zero-order valence-corrected chi connectivity index (χ0v) is 6.53. The van der Waals surface area contributed by atoms with Crippen molar-refractivity contribution in [2.24, 2.45) is 0 Å². The molecule has 0 heterocycles. The van der Waals surface area contributed by atoms with Crippen molar-refractivity contribution in [1.82, 2.24) is 0 Å². The van der Waals surface area contributed by atoms with Crippen LogP contribution in [0.25, 0.3) is 0 Å². The van der Waals surface area contributed by atoms with Gasteiger partial charge in [-0.2, -0.15) is 0 Å². The number of hydrogen-bond donors (Lipinski definition) is 0. The Morgan fingerprint density at radius 1 is 1.17 bits per heavy atom. The van der Waals surface area contributed by atoms with Gasteiger partial charge in [0.2, 0.25) is 0 Å². The third-order valence-corrected chi connectivity index (χ3v) is 0.577. The van der Waals surface area contributed by atoms with E-state index in [-0.39, 0.29) is 24.0 Å². The second-order valence-corrected chi connectivity index (χ2v) is 1.11. The fraction of sp³-hybridized carbons (Fsp3) is 1.00. The van der Waals surface area contributed by atoms with Gasteiger partial charge < -0.3 is 24.0 Å². The Balaban J connectivity index is 0. The molecule has 0 aromatic carbocycles. The van der Waals surface area contributed by atoms with Crippen LogP contribution in [0.5, 0.6) is 0 Å². The first-order valence-electron chi connectivity index (χ1n) is 2.23. The zero-order valence-electron chi connectivity index (χ0n) is 4.37. The molecule has 36 valence electrons. The minimum Gasteiger partial charge on any atom is -1.00 e. The van der Waals surface area contributed by atoms with E-state index in [4.69, 9.17) is 0 Å². The minimum absolute atomic E-state index is 0. The van der Waals surface area contributed by atoms with Crippen molar-refractivity contribution < 1.29 is 24.0 Å². The molecule has 0 spiro atoms. The summed E-state index contributed by atoms with van der Waals surface area (Å²) in [6.45, 7) is 4.31. The molecule has 0 unspecified atom stereocenters. The van der Waals surface area contributed by atoms with Crippen molar-refractivity contribution in [3.05, 3.63) is 0 Å². The fourth-order valence-electron chi connectivity index (χ4n) is 0.289. The summed E-state index contributed by atoms with van der Waals surface area (Å²) in [5.74, 6) is 0. The molecule has 0 saturated heterocycles. The zero-order chi connectivity index (χ0) is 4.12. The smallest absolute Gasteiger partial charge is 1.00 e. The number of hydrogen-bond acceptors (Lipinski definition) is 0. The van der Waals surface area contributed by atoms with Gasteiger partial charge in [-0.25, -0.2) is 0 Å². The normalized spacial score (nSPS) is 5.67. The first kappa shape index (κ1) is 9.92. The molecule has 0 amide bonds. The second kappa shape index (κ2) is 9.25. The number of rotatable bonds is 2. The molecule has 2 heteroatoms. The minimum atomic E-state index is 0. The van der Waals surface area contributed by atoms with Gasteiger partial charge in [0.1, 0.15) is 0 Å². The van der Waals surface area contributed by atoms with E-state index < -0.39 is 0 Å². The average molecular weight is 196 g/mol. The first-order valence-corrected chi connectivity index (χ1v) is 2.23. The van der Waals surface area contributed by atoms with Gasteiger partial charge in [-0.3, -0.25) is 0 Å². The van der Waals surface area contributed by atoms with Crippen LogP contribution in [0.4, 0.5) is 0 Å². The van der Waals surface area contributed by atoms with Gasteiger partial charge >= 0.3 is 33.8 Å². The molecule has 0 fully saturated rings. The van der Waals surface area contributed by atoms with Crippen molar-refractivity contribution in [3.63, 3.8) is 0 Å². The Morgan fingerprint density at radius 3 is 1.50 bits per heavy atom. The largest absolute Gasteiger partial charge is 1.00 e. The molecular formula is C4H10BI. The Kier molecular flexibility index (Phi) is 15.3. The van der Waals surface area contributed by atoms with E-state index in [2.05, 4.69) is 21.1 Å². The standard InChI is InChI=1S/C4H10B.HI/c1-3-5-4-2;/h3-4H2,1-2H3;1H/q+1;/p-1. The van der Waals surface area contributed by atoms with Crippen LogP contribution in [0.3, 0.4) is 0 Å². The summed E-state index contributed by atoms with van der Waals surface area (Å²) in [5, 5.41) is 0. The van der Waals surface area contributed by atoms with E-state index in [1.165, 1.54) is 12.6 Å². The van der Waals surface area contributed by atoms with Crippen LogP contribution in [-0.2, 0) is 0 Å². The summed E-state index contributed by atoms with van der Waals surface area (Å²) in [6.07, 6.45) is 2.44. The first-order chi connectivity index (χ1) is 2.41. The van der Waals surface area contributed by atoms with Crippen LogP contribution in [0.15, 0.2) is 0 Å². The molecule has 0 rings (SSSR count). The van der Waals surface area contributed by atoms with E-state index in [0.29, 0.717) is 0 Å². The predicted molar refractivity (Wildman–Crippen MR) is 26.7 cm³/mol. The number of halogens is 1. The summed E-state index contributed by atoms with van der Waals surface area (Å²) in [7, 11) is 2.25. The summed E-state index contributed by atoms with van der Waals surface area (Å²) in [4.78, 5) is 0. The molecule has 6 heavy (non-hydrogen) atoms. The van der Waals surface area contributed by atoms with E-state index in [1.54, 1.807) is 0 Å². The maximum atomic E-state index is 2.25. The Morgan fingerprint density at radius 2 is 1.50 bits per heavy atom. The maximum Gasteiger partial charge on any atom is -1.00 e. The Hall–Kier alpha value is 0.795. The molecule has 0 N–H and O–H groups in total. The van der Waals surface area contributed by atoms with Crippen molar-refractivity contribution >= 4 is 7.28 Å². The SMILES string of the molecule is CC[B+]CC.[I-]. The summed E-state index contributed by atoms with van der Waals surface area (Å²) < 4.78 is 0. The maximum absolute atomic E-state index is 2.25. The van der Waals surface area contributed by atoms with Gasteiger partial charge in [0.25, 0.3) is 0 Å². The van der Waals surface area contributed by atoms with Crippen molar-refractivity contribution in [2.75, 3.05) is 0 Å². The molecule has 0 nitrogen and oxygen atoms in total. The Bertz CT molecular complexity index is 15.0. The van der Waals surface area contributed by atoms with Crippen LogP contribution in [-0.4, -0.2) is 7.28 Å². The van der Waals surface area contributed by atoms with Crippen molar-refractivity contribution in [1.29, 1.82) is 0 Å². The van der Waals surface area contributed by atoms with Gasteiger partial charge in [0.15, 0.2) is 0 Å². The van der Waals surface area contributed by atoms with Crippen LogP contribution in [0.2, 0.25) is 12.6 Å². The van der Waals surface area contributed by atoms with E-state index >= 15 is 0 Å². The fourth-order valence-corrected chi connectivity index (χ4v) is 0.289. The van der Waals surface area contributed by atoms with E-state index in [0.717, 1.165) is 0 Å². The molecule has 0 radical (unpaired) electrons. The van der Waals surface area contributed by atoms with Gasteiger partial charge in [-0.15, -0.1) is 0 Å². The van der Waals surface area contributed by atoms with Crippen LogP contribution >= 0.6 is 0 Å². The molecule has 0 aliphatic rings. The van der Waals surface area contributed by atoms with Crippen LogP contribution in [0, 0.1) is 0 Å². The monoisotopic (exact) mass is 196 g/mol. The van der Waals surface area contributed by atoms with Crippen LogP contribution < -0.4 is 24.0 Å². The van der Waals surface area contributed by atoms with Crippen molar-refractivity contribution in [2.45, 2.75) is 26.5 Å². The molecule has 0 aromatic rings. The third-order valence-electron chi connectivity index (χ3n) is 0.577. The third kappa shape index (κ3) is 8.84. The molecule has 0 aliphatic carbocycles. The molecule has 0 aromatic heterocycles. The average Bonchev–Trinajstić information content (AvgIpc) is 1.41. The van der Waals surface area contributed by atoms with Gasteiger partial charge in [-0.05, 0) is 0 Å². The summed E-state index contributed by atoms with van der Waals surface area (Å²) >= 11 is 0. The van der Waals surface area contributed by atoms with Crippen molar-refractivity contribution in [3.8, 4) is 0 Å². The van der Waals surface area contributed by atoms with Gasteiger partial charge in [0, 0.05) is 0 Å².